The maximum Gasteiger partial charge on any atom is 0.0639 e. The van der Waals surface area contributed by atoms with Crippen molar-refractivity contribution in [3.8, 4) is 0 Å². The third-order valence-corrected chi connectivity index (χ3v) is 1.11. The Morgan fingerprint density at radius 3 is 2.44 bits per heavy atom. The molecule has 0 radical (unpaired) electrons. The van der Waals surface area contributed by atoms with Gasteiger partial charge in [0, 0.05) is 6.61 Å². The highest BCUT2D eigenvalue weighted by Crippen LogP contribution is 1.99. The second-order valence-electron chi connectivity index (χ2n) is 2.33. The van der Waals surface area contributed by atoms with Gasteiger partial charge in [0.25, 0.3) is 0 Å². The number of aliphatic hydroxyl groups excluding tert-OH is 2. The molecule has 0 rings (SSSR count). The molecule has 0 aliphatic heterocycles. The lowest BCUT2D eigenvalue weighted by Gasteiger charge is -2.00. The summed E-state index contributed by atoms with van der Waals surface area (Å²) < 4.78 is 0. The zero-order chi connectivity index (χ0) is 7.28. The SMILES string of the molecule is CC(=CC(C)CO)CO. The summed E-state index contributed by atoms with van der Waals surface area (Å²) in [5, 5.41) is 17.1. The van der Waals surface area contributed by atoms with Gasteiger partial charge in [0.15, 0.2) is 0 Å². The highest BCUT2D eigenvalue weighted by molar-refractivity contribution is 4.99. The number of hydrogen-bond donors (Lipinski definition) is 2. The minimum atomic E-state index is 0.0876. The van der Waals surface area contributed by atoms with E-state index in [2.05, 4.69) is 0 Å². The van der Waals surface area contributed by atoms with Gasteiger partial charge in [0.1, 0.15) is 0 Å². The fraction of sp³-hybridized carbons (Fsp3) is 0.714. The summed E-state index contributed by atoms with van der Waals surface area (Å²) >= 11 is 0. The lowest BCUT2D eigenvalue weighted by Crippen LogP contribution is -1.98. The van der Waals surface area contributed by atoms with Crippen LogP contribution in [-0.2, 0) is 0 Å². The molecule has 1 atom stereocenters. The number of rotatable bonds is 3. The summed E-state index contributed by atoms with van der Waals surface area (Å²) in [6.07, 6.45) is 1.86. The monoisotopic (exact) mass is 130 g/mol. The Bertz CT molecular complexity index is 97.1. The second kappa shape index (κ2) is 4.53. The Balaban J connectivity index is 3.64. The van der Waals surface area contributed by atoms with E-state index in [-0.39, 0.29) is 19.1 Å². The van der Waals surface area contributed by atoms with Crippen LogP contribution < -0.4 is 0 Å². The van der Waals surface area contributed by atoms with E-state index in [1.165, 1.54) is 0 Å². The zero-order valence-electron chi connectivity index (χ0n) is 5.96. The molecule has 0 amide bonds. The minimum Gasteiger partial charge on any atom is -0.396 e. The average Bonchev–Trinajstić information content (AvgIpc) is 1.87. The molecule has 2 N–H and O–H groups in total. The summed E-state index contributed by atoms with van der Waals surface area (Å²) in [6.45, 7) is 3.98. The molecule has 0 aromatic carbocycles. The summed E-state index contributed by atoms with van der Waals surface area (Å²) in [5.41, 5.74) is 0.913. The minimum absolute atomic E-state index is 0.0876. The van der Waals surface area contributed by atoms with Crippen molar-refractivity contribution >= 4 is 0 Å². The van der Waals surface area contributed by atoms with Gasteiger partial charge in [-0.05, 0) is 12.8 Å². The molecule has 1 unspecified atom stereocenters. The predicted molar refractivity (Wildman–Crippen MR) is 37.1 cm³/mol. The smallest absolute Gasteiger partial charge is 0.0639 e. The van der Waals surface area contributed by atoms with Crippen LogP contribution in [0.2, 0.25) is 0 Å². The number of hydrogen-bond acceptors (Lipinski definition) is 2. The van der Waals surface area contributed by atoms with Crippen molar-refractivity contribution in [1.29, 1.82) is 0 Å². The Morgan fingerprint density at radius 2 is 2.11 bits per heavy atom. The van der Waals surface area contributed by atoms with Gasteiger partial charge in [-0.25, -0.2) is 0 Å². The molecule has 9 heavy (non-hydrogen) atoms. The molecule has 0 spiro atoms. The molecular weight excluding hydrogens is 116 g/mol. The molecule has 0 fully saturated rings. The summed E-state index contributed by atoms with van der Waals surface area (Å²) in [6, 6.07) is 0. The van der Waals surface area contributed by atoms with Crippen LogP contribution in [0.5, 0.6) is 0 Å². The van der Waals surface area contributed by atoms with Crippen molar-refractivity contribution in [2.75, 3.05) is 13.2 Å². The van der Waals surface area contributed by atoms with Gasteiger partial charge in [0.05, 0.1) is 6.61 Å². The maximum absolute atomic E-state index is 8.55. The average molecular weight is 130 g/mol. The van der Waals surface area contributed by atoms with Gasteiger partial charge in [0.2, 0.25) is 0 Å². The molecule has 0 bridgehead atoms. The molecule has 2 heteroatoms. The molecule has 0 saturated heterocycles. The van der Waals surface area contributed by atoms with Gasteiger partial charge >= 0.3 is 0 Å². The van der Waals surface area contributed by atoms with Crippen molar-refractivity contribution in [3.05, 3.63) is 11.6 Å². The zero-order valence-corrected chi connectivity index (χ0v) is 5.96. The van der Waals surface area contributed by atoms with Gasteiger partial charge in [-0.15, -0.1) is 0 Å². The largest absolute Gasteiger partial charge is 0.396 e. The van der Waals surface area contributed by atoms with Crippen LogP contribution in [0.15, 0.2) is 11.6 Å². The molecule has 0 aliphatic carbocycles. The third kappa shape index (κ3) is 4.18. The van der Waals surface area contributed by atoms with E-state index in [1.54, 1.807) is 0 Å². The molecule has 2 nitrogen and oxygen atoms in total. The van der Waals surface area contributed by atoms with E-state index in [9.17, 15) is 0 Å². The van der Waals surface area contributed by atoms with E-state index in [4.69, 9.17) is 10.2 Å². The molecule has 54 valence electrons. The van der Waals surface area contributed by atoms with Crippen LogP contribution in [0.4, 0.5) is 0 Å². The van der Waals surface area contributed by atoms with Gasteiger partial charge in [-0.3, -0.25) is 0 Å². The summed E-state index contributed by atoms with van der Waals surface area (Å²) in [4.78, 5) is 0. The van der Waals surface area contributed by atoms with E-state index in [0.29, 0.717) is 0 Å². The fourth-order valence-electron chi connectivity index (χ4n) is 0.591. The third-order valence-electron chi connectivity index (χ3n) is 1.11. The van der Waals surface area contributed by atoms with E-state index in [1.807, 2.05) is 19.9 Å². The summed E-state index contributed by atoms with van der Waals surface area (Å²) in [7, 11) is 0. The predicted octanol–water partition coefficient (Wildman–Crippen LogP) is 0.553. The first-order valence-electron chi connectivity index (χ1n) is 3.09. The lowest BCUT2D eigenvalue weighted by molar-refractivity contribution is 0.260. The van der Waals surface area contributed by atoms with E-state index < -0.39 is 0 Å². The quantitative estimate of drug-likeness (QED) is 0.548. The Kier molecular flexibility index (Phi) is 4.36. The Labute approximate surface area is 55.8 Å². The normalized spacial score (nSPS) is 15.8. The van der Waals surface area contributed by atoms with Crippen molar-refractivity contribution < 1.29 is 10.2 Å². The lowest BCUT2D eigenvalue weighted by atomic mass is 10.1. The van der Waals surface area contributed by atoms with Crippen LogP contribution in [0.1, 0.15) is 13.8 Å². The van der Waals surface area contributed by atoms with E-state index >= 15 is 0 Å². The topological polar surface area (TPSA) is 40.5 Å². The Morgan fingerprint density at radius 1 is 1.56 bits per heavy atom. The highest BCUT2D eigenvalue weighted by Gasteiger charge is 1.93. The van der Waals surface area contributed by atoms with Crippen molar-refractivity contribution in [2.24, 2.45) is 5.92 Å². The summed E-state index contributed by atoms with van der Waals surface area (Å²) in [5.74, 6) is 0.164. The molecule has 0 saturated carbocycles. The highest BCUT2D eigenvalue weighted by atomic mass is 16.3. The molecular formula is C7H14O2. The van der Waals surface area contributed by atoms with Gasteiger partial charge < -0.3 is 10.2 Å². The number of aliphatic hydroxyl groups is 2. The van der Waals surface area contributed by atoms with E-state index in [0.717, 1.165) is 5.57 Å². The second-order valence-corrected chi connectivity index (χ2v) is 2.33. The molecule has 0 aromatic heterocycles. The molecule has 0 aliphatic rings. The fourth-order valence-corrected chi connectivity index (χ4v) is 0.591. The Hall–Kier alpha value is -0.340. The first kappa shape index (κ1) is 8.66. The van der Waals surface area contributed by atoms with Crippen LogP contribution in [0, 0.1) is 5.92 Å². The van der Waals surface area contributed by atoms with Crippen LogP contribution in [0.3, 0.4) is 0 Å². The van der Waals surface area contributed by atoms with Crippen LogP contribution in [0.25, 0.3) is 0 Å². The molecule has 0 heterocycles. The van der Waals surface area contributed by atoms with Crippen molar-refractivity contribution in [2.45, 2.75) is 13.8 Å². The van der Waals surface area contributed by atoms with Crippen molar-refractivity contribution in [1.82, 2.24) is 0 Å². The van der Waals surface area contributed by atoms with Crippen LogP contribution in [-0.4, -0.2) is 23.4 Å². The van der Waals surface area contributed by atoms with Gasteiger partial charge in [-0.2, -0.15) is 0 Å². The molecule has 0 aromatic rings. The van der Waals surface area contributed by atoms with Crippen LogP contribution >= 0.6 is 0 Å². The first-order chi connectivity index (χ1) is 4.20. The first-order valence-corrected chi connectivity index (χ1v) is 3.09. The van der Waals surface area contributed by atoms with Crippen molar-refractivity contribution in [3.63, 3.8) is 0 Å². The maximum atomic E-state index is 8.55. The standard InChI is InChI=1S/C7H14O2/c1-6(4-8)3-7(2)5-9/h3,6,8-9H,4-5H2,1-2H3. The van der Waals surface area contributed by atoms with Gasteiger partial charge in [-0.1, -0.05) is 18.6 Å².